The van der Waals surface area contributed by atoms with Gasteiger partial charge in [0.1, 0.15) is 0 Å². The van der Waals surface area contributed by atoms with Crippen LogP contribution in [0.15, 0.2) is 0 Å². The monoisotopic (exact) mass is 200 g/mol. The van der Waals surface area contributed by atoms with Crippen LogP contribution >= 0.6 is 0 Å². The Bertz CT molecular complexity index is 165. The Balaban J connectivity index is 2.62. The number of nitrogens with one attached hydrogen (secondary N) is 1. The lowest BCUT2D eigenvalue weighted by atomic mass is 9.76. The summed E-state index contributed by atoms with van der Waals surface area (Å²) in [6, 6.07) is 0.245. The minimum atomic E-state index is -0.0178. The van der Waals surface area contributed by atoms with Gasteiger partial charge in [-0.3, -0.25) is 11.3 Å². The van der Waals surface area contributed by atoms with E-state index in [0.29, 0.717) is 0 Å². The van der Waals surface area contributed by atoms with Crippen LogP contribution in [0.25, 0.3) is 0 Å². The van der Waals surface area contributed by atoms with E-state index in [1.165, 1.54) is 12.8 Å². The number of nitrogens with two attached hydrogens (primary N) is 1. The standard InChI is InChI=1S/C11H24N2O/c1-4-14-11(10(3)13-12)7-5-9(2)6-8-11/h9-10,13H,4-8,12H2,1-3H3. The molecule has 1 saturated carbocycles. The SMILES string of the molecule is CCOC1(C(C)NN)CCC(C)CC1. The van der Waals surface area contributed by atoms with Crippen LogP contribution in [-0.4, -0.2) is 18.2 Å². The average molecular weight is 200 g/mol. The minimum absolute atomic E-state index is 0.0178. The molecule has 1 fully saturated rings. The van der Waals surface area contributed by atoms with Crippen LogP contribution in [0.1, 0.15) is 46.5 Å². The van der Waals surface area contributed by atoms with Crippen LogP contribution < -0.4 is 11.3 Å². The van der Waals surface area contributed by atoms with Crippen LogP contribution in [-0.2, 0) is 4.74 Å². The van der Waals surface area contributed by atoms with E-state index in [1.807, 2.05) is 0 Å². The highest BCUT2D eigenvalue weighted by atomic mass is 16.5. The summed E-state index contributed by atoms with van der Waals surface area (Å²) < 4.78 is 5.93. The molecule has 0 aliphatic heterocycles. The quantitative estimate of drug-likeness (QED) is 0.537. The van der Waals surface area contributed by atoms with Gasteiger partial charge < -0.3 is 4.74 Å². The summed E-state index contributed by atoms with van der Waals surface area (Å²) >= 11 is 0. The summed E-state index contributed by atoms with van der Waals surface area (Å²) in [6.45, 7) is 7.27. The molecule has 1 aliphatic carbocycles. The second-order valence-electron chi connectivity index (χ2n) is 4.57. The Morgan fingerprint density at radius 1 is 1.50 bits per heavy atom. The van der Waals surface area contributed by atoms with Crippen LogP contribution in [0.2, 0.25) is 0 Å². The lowest BCUT2D eigenvalue weighted by molar-refractivity contribution is -0.0923. The molecule has 3 heteroatoms. The van der Waals surface area contributed by atoms with Crippen LogP contribution in [0.3, 0.4) is 0 Å². The molecule has 3 N–H and O–H groups in total. The maximum absolute atomic E-state index is 5.93. The molecule has 0 aromatic heterocycles. The molecule has 3 nitrogen and oxygen atoms in total. The van der Waals surface area contributed by atoms with Crippen molar-refractivity contribution in [1.29, 1.82) is 0 Å². The predicted octanol–water partition coefficient (Wildman–Crippen LogP) is 1.82. The van der Waals surface area contributed by atoms with Crippen LogP contribution in [0, 0.1) is 5.92 Å². The van der Waals surface area contributed by atoms with Crippen molar-refractivity contribution in [3.8, 4) is 0 Å². The molecule has 1 aliphatic rings. The summed E-state index contributed by atoms with van der Waals surface area (Å²) in [7, 11) is 0. The highest BCUT2D eigenvalue weighted by molar-refractivity contribution is 4.93. The van der Waals surface area contributed by atoms with Gasteiger partial charge in [0, 0.05) is 12.6 Å². The Hall–Kier alpha value is -0.120. The molecule has 0 bridgehead atoms. The fourth-order valence-corrected chi connectivity index (χ4v) is 2.39. The van der Waals surface area contributed by atoms with Gasteiger partial charge in [0.15, 0.2) is 0 Å². The summed E-state index contributed by atoms with van der Waals surface area (Å²) in [5, 5.41) is 0. The van der Waals surface area contributed by atoms with E-state index >= 15 is 0 Å². The van der Waals surface area contributed by atoms with E-state index < -0.39 is 0 Å². The van der Waals surface area contributed by atoms with Gasteiger partial charge in [-0.15, -0.1) is 0 Å². The number of ether oxygens (including phenoxy) is 1. The largest absolute Gasteiger partial charge is 0.374 e. The summed E-state index contributed by atoms with van der Waals surface area (Å²) in [5.74, 6) is 6.36. The van der Waals surface area contributed by atoms with E-state index in [0.717, 1.165) is 25.4 Å². The van der Waals surface area contributed by atoms with Gasteiger partial charge in [-0.05, 0) is 45.4 Å². The van der Waals surface area contributed by atoms with E-state index in [9.17, 15) is 0 Å². The smallest absolute Gasteiger partial charge is 0.0845 e. The molecule has 1 rings (SSSR count). The fraction of sp³-hybridized carbons (Fsp3) is 1.00. The van der Waals surface area contributed by atoms with Crippen LogP contribution in [0.5, 0.6) is 0 Å². The Labute approximate surface area is 87.4 Å². The zero-order chi connectivity index (χ0) is 10.6. The Kier molecular flexibility index (Phi) is 4.35. The van der Waals surface area contributed by atoms with Gasteiger partial charge in [0.2, 0.25) is 0 Å². The van der Waals surface area contributed by atoms with Crippen molar-refractivity contribution < 1.29 is 4.74 Å². The van der Waals surface area contributed by atoms with Crippen LogP contribution in [0.4, 0.5) is 0 Å². The van der Waals surface area contributed by atoms with Crippen molar-refractivity contribution in [3.05, 3.63) is 0 Å². The van der Waals surface area contributed by atoms with Gasteiger partial charge in [-0.2, -0.15) is 0 Å². The predicted molar refractivity (Wildman–Crippen MR) is 58.8 cm³/mol. The molecule has 84 valence electrons. The third kappa shape index (κ3) is 2.47. The molecule has 1 unspecified atom stereocenters. The highest BCUT2D eigenvalue weighted by Gasteiger charge is 2.39. The van der Waals surface area contributed by atoms with E-state index in [2.05, 4.69) is 26.2 Å². The molecule has 1 atom stereocenters. The molecule has 0 amide bonds. The molecule has 0 heterocycles. The van der Waals surface area contributed by atoms with Crippen molar-refractivity contribution in [3.63, 3.8) is 0 Å². The zero-order valence-electron chi connectivity index (χ0n) is 9.68. The molecular formula is C11H24N2O. The van der Waals surface area contributed by atoms with E-state index in [1.54, 1.807) is 0 Å². The second kappa shape index (κ2) is 5.10. The first-order valence-electron chi connectivity index (χ1n) is 5.74. The van der Waals surface area contributed by atoms with Crippen molar-refractivity contribution in [1.82, 2.24) is 5.43 Å². The summed E-state index contributed by atoms with van der Waals surface area (Å²) in [6.07, 6.45) is 4.78. The lowest BCUT2D eigenvalue weighted by Crippen LogP contribution is -2.54. The summed E-state index contributed by atoms with van der Waals surface area (Å²) in [4.78, 5) is 0. The molecule has 0 aromatic rings. The van der Waals surface area contributed by atoms with Gasteiger partial charge in [0.05, 0.1) is 5.60 Å². The molecular weight excluding hydrogens is 176 g/mol. The first-order valence-corrected chi connectivity index (χ1v) is 5.74. The molecule has 0 radical (unpaired) electrons. The molecule has 0 spiro atoms. The maximum atomic E-state index is 5.93. The van der Waals surface area contributed by atoms with Gasteiger partial charge in [-0.25, -0.2) is 0 Å². The van der Waals surface area contributed by atoms with E-state index in [-0.39, 0.29) is 11.6 Å². The average Bonchev–Trinajstić information content (AvgIpc) is 2.21. The fourth-order valence-electron chi connectivity index (χ4n) is 2.39. The van der Waals surface area contributed by atoms with Crippen molar-refractivity contribution in [2.75, 3.05) is 6.61 Å². The van der Waals surface area contributed by atoms with E-state index in [4.69, 9.17) is 10.6 Å². The third-order valence-corrected chi connectivity index (χ3v) is 3.59. The Morgan fingerprint density at radius 2 is 2.07 bits per heavy atom. The first-order chi connectivity index (χ1) is 6.64. The minimum Gasteiger partial charge on any atom is -0.374 e. The lowest BCUT2D eigenvalue weighted by Gasteiger charge is -2.43. The van der Waals surface area contributed by atoms with Crippen molar-refractivity contribution in [2.24, 2.45) is 11.8 Å². The Morgan fingerprint density at radius 3 is 2.50 bits per heavy atom. The zero-order valence-corrected chi connectivity index (χ0v) is 9.68. The number of hydrogen-bond acceptors (Lipinski definition) is 3. The summed E-state index contributed by atoms with van der Waals surface area (Å²) in [5.41, 5.74) is 2.83. The normalized spacial score (nSPS) is 35.6. The second-order valence-corrected chi connectivity index (χ2v) is 4.57. The topological polar surface area (TPSA) is 47.3 Å². The number of hydrazine groups is 1. The third-order valence-electron chi connectivity index (χ3n) is 3.59. The van der Waals surface area contributed by atoms with Crippen molar-refractivity contribution in [2.45, 2.75) is 58.1 Å². The van der Waals surface area contributed by atoms with Crippen molar-refractivity contribution >= 4 is 0 Å². The highest BCUT2D eigenvalue weighted by Crippen LogP contribution is 2.36. The maximum Gasteiger partial charge on any atom is 0.0845 e. The first kappa shape index (κ1) is 12.0. The number of rotatable bonds is 4. The van der Waals surface area contributed by atoms with Gasteiger partial charge in [0.25, 0.3) is 0 Å². The molecule has 0 aromatic carbocycles. The molecule has 0 saturated heterocycles. The van der Waals surface area contributed by atoms with Gasteiger partial charge >= 0.3 is 0 Å². The molecule has 14 heavy (non-hydrogen) atoms. The van der Waals surface area contributed by atoms with Gasteiger partial charge in [-0.1, -0.05) is 6.92 Å². The number of hydrogen-bond donors (Lipinski definition) is 2.